The summed E-state index contributed by atoms with van der Waals surface area (Å²) < 4.78 is 10.1. The number of esters is 1. The molecule has 1 unspecified atom stereocenters. The fraction of sp³-hybridized carbons (Fsp3) is 0.500. The number of ether oxygens (including phenoxy) is 2. The predicted octanol–water partition coefficient (Wildman–Crippen LogP) is 2.04. The molecule has 13 heavy (non-hydrogen) atoms. The molecule has 0 aliphatic carbocycles. The van der Waals surface area contributed by atoms with Gasteiger partial charge in [0.2, 0.25) is 6.29 Å². The summed E-state index contributed by atoms with van der Waals surface area (Å²) in [5, 5.41) is 0. The fourth-order valence-electron chi connectivity index (χ4n) is 0.631. The van der Waals surface area contributed by atoms with Crippen molar-refractivity contribution in [1.29, 1.82) is 0 Å². The summed E-state index contributed by atoms with van der Waals surface area (Å²) in [5.41, 5.74) is 0.376. The molecule has 0 aliphatic heterocycles. The van der Waals surface area contributed by atoms with Crippen molar-refractivity contribution in [2.24, 2.45) is 0 Å². The monoisotopic (exact) mass is 184 g/mol. The van der Waals surface area contributed by atoms with Gasteiger partial charge in [-0.25, -0.2) is 4.79 Å². The third-order valence-electron chi connectivity index (χ3n) is 1.32. The number of carbonyl (C=O) groups excluding carboxylic acids is 1. The zero-order chi connectivity index (χ0) is 10.3. The van der Waals surface area contributed by atoms with Crippen LogP contribution < -0.4 is 0 Å². The van der Waals surface area contributed by atoms with E-state index in [-0.39, 0.29) is 0 Å². The Morgan fingerprint density at radius 2 is 2.23 bits per heavy atom. The van der Waals surface area contributed by atoms with Gasteiger partial charge in [-0.05, 0) is 6.92 Å². The zero-order valence-corrected chi connectivity index (χ0v) is 8.21. The minimum atomic E-state index is -0.498. The molecule has 0 aromatic heterocycles. The van der Waals surface area contributed by atoms with E-state index in [2.05, 4.69) is 13.2 Å². The van der Waals surface area contributed by atoms with Gasteiger partial charge in [0, 0.05) is 12.0 Å². The van der Waals surface area contributed by atoms with E-state index in [0.717, 1.165) is 0 Å². The first-order valence-corrected chi connectivity index (χ1v) is 4.20. The van der Waals surface area contributed by atoms with Crippen LogP contribution in [0.25, 0.3) is 0 Å². The Balaban J connectivity index is 3.89. The van der Waals surface area contributed by atoms with Gasteiger partial charge in [-0.3, -0.25) is 0 Å². The van der Waals surface area contributed by atoms with Gasteiger partial charge in [-0.15, -0.1) is 6.58 Å². The third-order valence-corrected chi connectivity index (χ3v) is 1.32. The Labute approximate surface area is 79.0 Å². The number of rotatable bonds is 6. The van der Waals surface area contributed by atoms with E-state index in [1.165, 1.54) is 0 Å². The third kappa shape index (κ3) is 5.20. The van der Waals surface area contributed by atoms with Crippen LogP contribution in [-0.2, 0) is 14.3 Å². The largest absolute Gasteiger partial charge is 0.432 e. The predicted molar refractivity (Wildman–Crippen MR) is 51.1 cm³/mol. The van der Waals surface area contributed by atoms with Crippen molar-refractivity contribution in [2.75, 3.05) is 6.61 Å². The molecule has 0 spiro atoms. The van der Waals surface area contributed by atoms with Crippen molar-refractivity contribution in [3.05, 3.63) is 24.8 Å². The molecule has 0 fully saturated rings. The maximum Gasteiger partial charge on any atom is 0.335 e. The average Bonchev–Trinajstić information content (AvgIpc) is 2.11. The Morgan fingerprint density at radius 1 is 1.62 bits per heavy atom. The second-order valence-electron chi connectivity index (χ2n) is 2.65. The minimum absolute atomic E-state index is 0.376. The summed E-state index contributed by atoms with van der Waals surface area (Å²) in [6.45, 7) is 10.8. The van der Waals surface area contributed by atoms with E-state index >= 15 is 0 Å². The highest BCUT2D eigenvalue weighted by atomic mass is 16.7. The van der Waals surface area contributed by atoms with Crippen LogP contribution in [0.5, 0.6) is 0 Å². The lowest BCUT2D eigenvalue weighted by molar-refractivity contribution is -0.172. The molecular formula is C10H16O3. The van der Waals surface area contributed by atoms with Crippen molar-refractivity contribution in [2.45, 2.75) is 26.6 Å². The van der Waals surface area contributed by atoms with E-state index in [1.54, 1.807) is 13.0 Å². The normalized spacial score (nSPS) is 11.8. The van der Waals surface area contributed by atoms with Crippen LogP contribution in [-0.4, -0.2) is 18.9 Å². The highest BCUT2D eigenvalue weighted by Gasteiger charge is 2.12. The molecule has 0 heterocycles. The Bertz CT molecular complexity index is 196. The molecule has 0 rings (SSSR count). The second kappa shape index (κ2) is 6.43. The van der Waals surface area contributed by atoms with Gasteiger partial charge < -0.3 is 9.47 Å². The molecule has 0 aliphatic rings. The highest BCUT2D eigenvalue weighted by molar-refractivity contribution is 5.86. The van der Waals surface area contributed by atoms with Gasteiger partial charge in [0.25, 0.3) is 0 Å². The average molecular weight is 184 g/mol. The number of hydrogen-bond donors (Lipinski definition) is 0. The van der Waals surface area contributed by atoms with E-state index < -0.39 is 12.3 Å². The topological polar surface area (TPSA) is 35.5 Å². The van der Waals surface area contributed by atoms with Crippen molar-refractivity contribution < 1.29 is 14.3 Å². The first kappa shape index (κ1) is 11.9. The van der Waals surface area contributed by atoms with Crippen LogP contribution in [0.2, 0.25) is 0 Å². The molecule has 3 heteroatoms. The maximum absolute atomic E-state index is 11.0. The van der Waals surface area contributed by atoms with E-state index in [1.807, 2.05) is 6.92 Å². The van der Waals surface area contributed by atoms with Crippen LogP contribution in [0.1, 0.15) is 20.3 Å². The van der Waals surface area contributed by atoms with Crippen LogP contribution in [0.3, 0.4) is 0 Å². The number of carbonyl (C=O) groups is 1. The lowest BCUT2D eigenvalue weighted by Crippen LogP contribution is -2.21. The molecule has 0 saturated heterocycles. The minimum Gasteiger partial charge on any atom is -0.432 e. The van der Waals surface area contributed by atoms with Gasteiger partial charge in [0.1, 0.15) is 0 Å². The van der Waals surface area contributed by atoms with Crippen molar-refractivity contribution in [3.8, 4) is 0 Å². The van der Waals surface area contributed by atoms with Gasteiger partial charge in [0.05, 0.1) is 6.61 Å². The smallest absolute Gasteiger partial charge is 0.335 e. The fourth-order valence-corrected chi connectivity index (χ4v) is 0.631. The second-order valence-corrected chi connectivity index (χ2v) is 2.65. The molecule has 0 radical (unpaired) electrons. The maximum atomic E-state index is 11.0. The quantitative estimate of drug-likeness (QED) is 0.274. The highest BCUT2D eigenvalue weighted by Crippen LogP contribution is 2.04. The molecule has 0 aromatic carbocycles. The molecule has 74 valence electrons. The first-order chi connectivity index (χ1) is 6.11. The summed E-state index contributed by atoms with van der Waals surface area (Å²) >= 11 is 0. The summed E-state index contributed by atoms with van der Waals surface area (Å²) in [5.74, 6) is -0.420. The van der Waals surface area contributed by atoms with Gasteiger partial charge >= 0.3 is 5.97 Å². The van der Waals surface area contributed by atoms with Crippen LogP contribution in [0.15, 0.2) is 24.8 Å². The molecule has 0 saturated carbocycles. The standard InChI is InChI=1S/C10H16O3/c1-5-7-12-9(6-2)13-10(11)8(3)4/h5,9H,1,3,6-7H2,2,4H3. The van der Waals surface area contributed by atoms with E-state index in [0.29, 0.717) is 18.6 Å². The molecule has 3 nitrogen and oxygen atoms in total. The Morgan fingerprint density at radius 3 is 2.62 bits per heavy atom. The summed E-state index contributed by atoms with van der Waals surface area (Å²) in [7, 11) is 0. The molecule has 0 aromatic rings. The van der Waals surface area contributed by atoms with Crippen LogP contribution in [0, 0.1) is 0 Å². The SMILES string of the molecule is C=CCOC(CC)OC(=O)C(=C)C. The molecule has 1 atom stereocenters. The first-order valence-electron chi connectivity index (χ1n) is 4.20. The summed E-state index contributed by atoms with van der Waals surface area (Å²) in [6.07, 6.45) is 1.73. The molecule has 0 N–H and O–H groups in total. The molecule has 0 bridgehead atoms. The van der Waals surface area contributed by atoms with E-state index in [4.69, 9.17) is 9.47 Å². The van der Waals surface area contributed by atoms with Crippen molar-refractivity contribution >= 4 is 5.97 Å². The van der Waals surface area contributed by atoms with Crippen LogP contribution >= 0.6 is 0 Å². The van der Waals surface area contributed by atoms with Crippen LogP contribution in [0.4, 0.5) is 0 Å². The van der Waals surface area contributed by atoms with Gasteiger partial charge in [-0.2, -0.15) is 0 Å². The molecule has 0 amide bonds. The summed E-state index contributed by atoms with van der Waals surface area (Å²) in [6, 6.07) is 0. The Kier molecular flexibility index (Phi) is 5.89. The zero-order valence-electron chi connectivity index (χ0n) is 8.21. The van der Waals surface area contributed by atoms with Crippen molar-refractivity contribution in [1.82, 2.24) is 0 Å². The number of hydrogen-bond acceptors (Lipinski definition) is 3. The lowest BCUT2D eigenvalue weighted by atomic mass is 10.3. The molecular weight excluding hydrogens is 168 g/mol. The van der Waals surface area contributed by atoms with E-state index in [9.17, 15) is 4.79 Å². The lowest BCUT2D eigenvalue weighted by Gasteiger charge is -2.15. The van der Waals surface area contributed by atoms with Gasteiger partial charge in [0.15, 0.2) is 0 Å². The Hall–Kier alpha value is -1.09. The van der Waals surface area contributed by atoms with Gasteiger partial charge in [-0.1, -0.05) is 19.6 Å². The van der Waals surface area contributed by atoms with Crippen molar-refractivity contribution in [3.63, 3.8) is 0 Å². The summed E-state index contributed by atoms with van der Waals surface area (Å²) in [4.78, 5) is 11.0.